The summed E-state index contributed by atoms with van der Waals surface area (Å²) in [6.07, 6.45) is 7.42. The Morgan fingerprint density at radius 2 is 1.76 bits per heavy atom. The molecule has 1 fully saturated rings. The Morgan fingerprint density at radius 1 is 1.00 bits per heavy atom. The number of nitrogens with one attached hydrogen (secondary N) is 1. The van der Waals surface area contributed by atoms with E-state index in [0.29, 0.717) is 19.0 Å². The Labute approximate surface area is 197 Å². The molecule has 34 heavy (non-hydrogen) atoms. The van der Waals surface area contributed by atoms with Crippen molar-refractivity contribution in [3.63, 3.8) is 0 Å². The molecule has 0 aliphatic carbocycles. The predicted octanol–water partition coefficient (Wildman–Crippen LogP) is 4.67. The number of hydrogen-bond acceptors (Lipinski definition) is 3. The van der Waals surface area contributed by atoms with E-state index in [1.807, 2.05) is 53.2 Å². The van der Waals surface area contributed by atoms with E-state index >= 15 is 0 Å². The maximum Gasteiger partial charge on any atom is 0.256 e. The number of pyridine rings is 1. The van der Waals surface area contributed by atoms with E-state index in [2.05, 4.69) is 10.3 Å². The molecule has 0 unspecified atom stereocenters. The molecule has 1 N–H and O–H groups in total. The molecule has 0 bridgehead atoms. The van der Waals surface area contributed by atoms with Crippen LogP contribution >= 0.6 is 0 Å². The molecule has 5 rings (SSSR count). The third-order valence-corrected chi connectivity index (χ3v) is 6.37. The highest BCUT2D eigenvalue weighted by Crippen LogP contribution is 2.29. The van der Waals surface area contributed by atoms with Crippen LogP contribution in [0.2, 0.25) is 0 Å². The number of likely N-dealkylation sites (tertiary alicyclic amines) is 1. The van der Waals surface area contributed by atoms with Gasteiger partial charge in [0.05, 0.1) is 12.0 Å². The molecule has 2 aromatic heterocycles. The number of aromatic nitrogens is 2. The number of amides is 2. The van der Waals surface area contributed by atoms with E-state index in [1.54, 1.807) is 23.2 Å². The molecule has 3 heterocycles. The second-order valence-corrected chi connectivity index (χ2v) is 8.62. The molecule has 0 atom stereocenters. The fourth-order valence-corrected chi connectivity index (χ4v) is 4.52. The zero-order chi connectivity index (χ0) is 23.5. The first-order valence-corrected chi connectivity index (χ1v) is 11.4. The lowest BCUT2D eigenvalue weighted by Gasteiger charge is -2.32. The van der Waals surface area contributed by atoms with Gasteiger partial charge in [0.2, 0.25) is 5.91 Å². The van der Waals surface area contributed by atoms with Crippen molar-refractivity contribution >= 4 is 23.1 Å². The Balaban J connectivity index is 1.15. The summed E-state index contributed by atoms with van der Waals surface area (Å²) in [4.78, 5) is 31.1. The van der Waals surface area contributed by atoms with Crippen LogP contribution in [0.15, 0.2) is 79.3 Å². The van der Waals surface area contributed by atoms with Crippen molar-refractivity contribution < 1.29 is 14.0 Å². The molecular formula is C27H25FN4O2. The maximum absolute atomic E-state index is 14.0. The Kier molecular flexibility index (Phi) is 6.08. The summed E-state index contributed by atoms with van der Waals surface area (Å²) in [5.41, 5.74) is 3.83. The lowest BCUT2D eigenvalue weighted by molar-refractivity contribution is -0.115. The van der Waals surface area contributed by atoms with Gasteiger partial charge in [-0.3, -0.25) is 9.59 Å². The number of rotatable bonds is 5. The molecule has 7 heteroatoms. The highest BCUT2D eigenvalue weighted by molar-refractivity contribution is 5.94. The summed E-state index contributed by atoms with van der Waals surface area (Å²) in [6.45, 7) is 1.19. The first-order valence-electron chi connectivity index (χ1n) is 11.4. The summed E-state index contributed by atoms with van der Waals surface area (Å²) in [5.74, 6) is -0.472. The van der Waals surface area contributed by atoms with Gasteiger partial charge in [-0.2, -0.15) is 0 Å². The van der Waals surface area contributed by atoms with Gasteiger partial charge >= 0.3 is 0 Å². The van der Waals surface area contributed by atoms with Crippen LogP contribution in [0.25, 0.3) is 5.65 Å². The van der Waals surface area contributed by atoms with E-state index in [1.165, 1.54) is 17.7 Å². The minimum atomic E-state index is -0.477. The molecule has 1 saturated heterocycles. The van der Waals surface area contributed by atoms with E-state index in [4.69, 9.17) is 0 Å². The van der Waals surface area contributed by atoms with Crippen LogP contribution in [0.3, 0.4) is 0 Å². The predicted molar refractivity (Wildman–Crippen MR) is 128 cm³/mol. The number of halogens is 1. The normalized spacial score (nSPS) is 14.3. The van der Waals surface area contributed by atoms with Gasteiger partial charge in [-0.25, -0.2) is 9.37 Å². The van der Waals surface area contributed by atoms with Crippen LogP contribution in [-0.2, 0) is 11.2 Å². The van der Waals surface area contributed by atoms with Crippen LogP contribution in [0.4, 0.5) is 10.1 Å². The van der Waals surface area contributed by atoms with Crippen molar-refractivity contribution in [2.45, 2.75) is 25.2 Å². The second-order valence-electron chi connectivity index (χ2n) is 8.62. The number of benzene rings is 2. The molecule has 6 nitrogen and oxygen atoms in total. The van der Waals surface area contributed by atoms with Crippen LogP contribution in [0.1, 0.15) is 40.2 Å². The van der Waals surface area contributed by atoms with E-state index in [-0.39, 0.29) is 23.8 Å². The third kappa shape index (κ3) is 4.69. The highest BCUT2D eigenvalue weighted by Gasteiger charge is 2.26. The largest absolute Gasteiger partial charge is 0.339 e. The van der Waals surface area contributed by atoms with Crippen molar-refractivity contribution in [1.29, 1.82) is 0 Å². The summed E-state index contributed by atoms with van der Waals surface area (Å²) in [6, 6.07) is 17.8. The van der Waals surface area contributed by atoms with E-state index in [9.17, 15) is 14.0 Å². The standard InChI is InChI=1S/C27H25FN4O2/c28-24-4-2-1-3-23(24)27(34)31-14-11-21(12-15-31)20-6-8-22(9-7-20)30-26(33)17-19-5-10-25-29-13-16-32(25)18-19/h1-10,13,16,18,21H,11-12,14-15,17H2,(H,30,33). The van der Waals surface area contributed by atoms with Crippen molar-refractivity contribution in [2.75, 3.05) is 18.4 Å². The average molecular weight is 457 g/mol. The molecule has 1 aliphatic rings. The average Bonchev–Trinajstić information content (AvgIpc) is 3.32. The Bertz CT molecular complexity index is 1320. The molecule has 4 aromatic rings. The van der Waals surface area contributed by atoms with Gasteiger partial charge in [0.15, 0.2) is 0 Å². The summed E-state index contributed by atoms with van der Waals surface area (Å²) in [7, 11) is 0. The molecule has 0 radical (unpaired) electrons. The minimum Gasteiger partial charge on any atom is -0.339 e. The smallest absolute Gasteiger partial charge is 0.256 e. The summed E-state index contributed by atoms with van der Waals surface area (Å²) in [5, 5.41) is 2.96. The number of piperidine rings is 1. The Hall–Kier alpha value is -4.00. The van der Waals surface area contributed by atoms with Gasteiger partial charge in [-0.05, 0) is 60.2 Å². The van der Waals surface area contributed by atoms with Crippen LogP contribution in [-0.4, -0.2) is 39.2 Å². The summed E-state index contributed by atoms with van der Waals surface area (Å²) < 4.78 is 15.9. The molecule has 2 amide bonds. The van der Waals surface area contributed by atoms with Crippen LogP contribution < -0.4 is 5.32 Å². The number of fused-ring (bicyclic) bond motifs is 1. The zero-order valence-corrected chi connectivity index (χ0v) is 18.7. The Morgan fingerprint density at radius 3 is 2.53 bits per heavy atom. The number of nitrogens with zero attached hydrogens (tertiary/aromatic N) is 3. The second kappa shape index (κ2) is 9.47. The van der Waals surface area contributed by atoms with Crippen molar-refractivity contribution in [1.82, 2.24) is 14.3 Å². The van der Waals surface area contributed by atoms with Gasteiger partial charge in [0.25, 0.3) is 5.91 Å². The monoisotopic (exact) mass is 456 g/mol. The number of hydrogen-bond donors (Lipinski definition) is 1. The first kappa shape index (κ1) is 21.8. The zero-order valence-electron chi connectivity index (χ0n) is 18.7. The molecule has 1 aliphatic heterocycles. The van der Waals surface area contributed by atoms with Crippen molar-refractivity contribution in [3.05, 3.63) is 102 Å². The van der Waals surface area contributed by atoms with Gasteiger partial charge in [0.1, 0.15) is 11.5 Å². The molecular weight excluding hydrogens is 431 g/mol. The van der Waals surface area contributed by atoms with Gasteiger partial charge in [-0.1, -0.05) is 30.3 Å². The van der Waals surface area contributed by atoms with Crippen molar-refractivity contribution in [2.24, 2.45) is 0 Å². The highest BCUT2D eigenvalue weighted by atomic mass is 19.1. The number of anilines is 1. The van der Waals surface area contributed by atoms with E-state index < -0.39 is 5.82 Å². The van der Waals surface area contributed by atoms with Gasteiger partial charge in [-0.15, -0.1) is 0 Å². The SMILES string of the molecule is O=C(Cc1ccc2nccn2c1)Nc1ccc(C2CCN(C(=O)c3ccccc3F)CC2)cc1. The molecule has 0 saturated carbocycles. The lowest BCUT2D eigenvalue weighted by atomic mass is 9.89. The summed E-state index contributed by atoms with van der Waals surface area (Å²) >= 11 is 0. The van der Waals surface area contributed by atoms with Gasteiger partial charge in [0, 0.05) is 37.4 Å². The first-order chi connectivity index (χ1) is 16.6. The minimum absolute atomic E-state index is 0.0767. The number of carbonyl (C=O) groups excluding carboxylic acids is 2. The quantitative estimate of drug-likeness (QED) is 0.474. The third-order valence-electron chi connectivity index (χ3n) is 6.37. The lowest BCUT2D eigenvalue weighted by Crippen LogP contribution is -2.38. The fourth-order valence-electron chi connectivity index (χ4n) is 4.52. The number of imidazole rings is 1. The van der Waals surface area contributed by atoms with Gasteiger partial charge < -0.3 is 14.6 Å². The maximum atomic E-state index is 14.0. The van der Waals surface area contributed by atoms with E-state index in [0.717, 1.165) is 29.7 Å². The number of carbonyl (C=O) groups is 2. The van der Waals surface area contributed by atoms with Crippen molar-refractivity contribution in [3.8, 4) is 0 Å². The molecule has 2 aromatic carbocycles. The molecule has 172 valence electrons. The van der Waals surface area contributed by atoms with Crippen LogP contribution in [0, 0.1) is 5.82 Å². The fraction of sp³-hybridized carbons (Fsp3) is 0.222. The molecule has 0 spiro atoms. The topological polar surface area (TPSA) is 66.7 Å². The van der Waals surface area contributed by atoms with Crippen LogP contribution in [0.5, 0.6) is 0 Å².